The molecule has 0 radical (unpaired) electrons. The van der Waals surface area contributed by atoms with Gasteiger partial charge in [0.1, 0.15) is 5.54 Å². The van der Waals surface area contributed by atoms with Gasteiger partial charge in [-0.15, -0.1) is 0 Å². The molecule has 6 nitrogen and oxygen atoms in total. The van der Waals surface area contributed by atoms with Crippen LogP contribution in [0.25, 0.3) is 0 Å². The predicted molar refractivity (Wildman–Crippen MR) is 78.2 cm³/mol. The van der Waals surface area contributed by atoms with Crippen molar-refractivity contribution in [3.05, 3.63) is 22.4 Å². The highest BCUT2D eigenvalue weighted by atomic mass is 32.1. The molecule has 0 saturated heterocycles. The van der Waals surface area contributed by atoms with E-state index in [-0.39, 0.29) is 30.7 Å². The largest absolute Gasteiger partial charge is 0.480 e. The van der Waals surface area contributed by atoms with Gasteiger partial charge in [0.05, 0.1) is 0 Å². The van der Waals surface area contributed by atoms with Gasteiger partial charge in [0.2, 0.25) is 5.91 Å². The van der Waals surface area contributed by atoms with Crippen LogP contribution in [-0.2, 0) is 9.59 Å². The number of carbonyl (C=O) groups excluding carboxylic acids is 2. The number of nitrogens with one attached hydrogen (secondary N) is 2. The van der Waals surface area contributed by atoms with Crippen molar-refractivity contribution in [2.24, 2.45) is 5.92 Å². The molecule has 1 aromatic rings. The number of hydrogen-bond acceptors (Lipinski definition) is 4. The van der Waals surface area contributed by atoms with Crippen LogP contribution in [0.1, 0.15) is 36.5 Å². The lowest BCUT2D eigenvalue weighted by Crippen LogP contribution is -2.54. The molecular formula is C14H18N2O4S. The third kappa shape index (κ3) is 3.81. The molecule has 1 aromatic heterocycles. The van der Waals surface area contributed by atoms with Crippen LogP contribution in [0.3, 0.4) is 0 Å². The third-order valence-electron chi connectivity index (χ3n) is 3.66. The quantitative estimate of drug-likeness (QED) is 0.706. The molecule has 114 valence electrons. The first-order valence-electron chi connectivity index (χ1n) is 6.78. The summed E-state index contributed by atoms with van der Waals surface area (Å²) < 4.78 is 0. The highest BCUT2D eigenvalue weighted by Crippen LogP contribution is 2.39. The van der Waals surface area contributed by atoms with Crippen molar-refractivity contribution >= 4 is 29.1 Å². The Kier molecular flexibility index (Phi) is 4.62. The fourth-order valence-electron chi connectivity index (χ4n) is 2.13. The number of amides is 2. The van der Waals surface area contributed by atoms with Crippen LogP contribution in [0.4, 0.5) is 0 Å². The number of thiophene rings is 1. The Morgan fingerprint density at radius 1 is 1.43 bits per heavy atom. The molecule has 7 heteroatoms. The molecule has 2 amide bonds. The molecule has 1 unspecified atom stereocenters. The van der Waals surface area contributed by atoms with Crippen LogP contribution in [0.2, 0.25) is 0 Å². The van der Waals surface area contributed by atoms with Crippen LogP contribution in [0.5, 0.6) is 0 Å². The molecule has 0 aromatic carbocycles. The van der Waals surface area contributed by atoms with Crippen LogP contribution in [0, 0.1) is 5.92 Å². The molecule has 21 heavy (non-hydrogen) atoms. The fraction of sp³-hybridized carbons (Fsp3) is 0.500. The van der Waals surface area contributed by atoms with E-state index in [0.29, 0.717) is 5.56 Å². The average Bonchev–Trinajstić information content (AvgIpc) is 3.14. The van der Waals surface area contributed by atoms with Crippen LogP contribution < -0.4 is 10.6 Å². The Morgan fingerprint density at radius 3 is 2.67 bits per heavy atom. The van der Waals surface area contributed by atoms with E-state index in [1.807, 2.05) is 0 Å². The number of carbonyl (C=O) groups is 3. The molecular weight excluding hydrogens is 292 g/mol. The Morgan fingerprint density at radius 2 is 2.14 bits per heavy atom. The van der Waals surface area contributed by atoms with E-state index >= 15 is 0 Å². The van der Waals surface area contributed by atoms with Gasteiger partial charge in [-0.3, -0.25) is 9.59 Å². The molecule has 1 aliphatic carbocycles. The maximum Gasteiger partial charge on any atom is 0.329 e. The van der Waals surface area contributed by atoms with E-state index in [1.165, 1.54) is 18.3 Å². The maximum atomic E-state index is 11.8. The molecule has 1 fully saturated rings. The zero-order chi connectivity index (χ0) is 15.5. The van der Waals surface area contributed by atoms with Crippen molar-refractivity contribution in [3.63, 3.8) is 0 Å². The van der Waals surface area contributed by atoms with E-state index in [0.717, 1.165) is 12.8 Å². The molecule has 2 rings (SSSR count). The first-order chi connectivity index (χ1) is 9.93. The summed E-state index contributed by atoms with van der Waals surface area (Å²) in [5.41, 5.74) is -0.636. The average molecular weight is 310 g/mol. The zero-order valence-corrected chi connectivity index (χ0v) is 12.5. The van der Waals surface area contributed by atoms with Crippen LogP contribution in [-0.4, -0.2) is 35.0 Å². The lowest BCUT2D eigenvalue weighted by molar-refractivity contribution is -0.147. The molecule has 0 aliphatic heterocycles. The molecule has 3 N–H and O–H groups in total. The van der Waals surface area contributed by atoms with Crippen molar-refractivity contribution in [2.75, 3.05) is 6.54 Å². The smallest absolute Gasteiger partial charge is 0.329 e. The minimum Gasteiger partial charge on any atom is -0.480 e. The summed E-state index contributed by atoms with van der Waals surface area (Å²) in [6.07, 6.45) is 1.70. The van der Waals surface area contributed by atoms with E-state index in [9.17, 15) is 19.5 Å². The van der Waals surface area contributed by atoms with Crippen LogP contribution >= 0.6 is 11.3 Å². The Bertz CT molecular complexity index is 539. The number of carboxylic acid groups (broad SMARTS) is 1. The summed E-state index contributed by atoms with van der Waals surface area (Å²) in [4.78, 5) is 34.8. The summed E-state index contributed by atoms with van der Waals surface area (Å²) >= 11 is 1.42. The topological polar surface area (TPSA) is 95.5 Å². The minimum atomic E-state index is -1.20. The summed E-state index contributed by atoms with van der Waals surface area (Å²) in [6.45, 7) is 1.72. The normalized spacial score (nSPS) is 16.8. The van der Waals surface area contributed by atoms with Gasteiger partial charge in [-0.2, -0.15) is 11.3 Å². The van der Waals surface area contributed by atoms with E-state index in [2.05, 4.69) is 10.6 Å². The monoisotopic (exact) mass is 310 g/mol. The molecule has 1 atom stereocenters. The number of aliphatic carboxylic acids is 1. The second-order valence-electron chi connectivity index (χ2n) is 5.35. The third-order valence-corrected chi connectivity index (χ3v) is 4.34. The van der Waals surface area contributed by atoms with Gasteiger partial charge in [0, 0.05) is 23.9 Å². The Hall–Kier alpha value is -1.89. The number of rotatable bonds is 7. The second kappa shape index (κ2) is 6.26. The van der Waals surface area contributed by atoms with Gasteiger partial charge < -0.3 is 15.7 Å². The van der Waals surface area contributed by atoms with Crippen molar-refractivity contribution in [3.8, 4) is 0 Å². The van der Waals surface area contributed by atoms with E-state index in [1.54, 1.807) is 16.8 Å². The fourth-order valence-corrected chi connectivity index (χ4v) is 2.76. The molecule has 1 saturated carbocycles. The van der Waals surface area contributed by atoms with Gasteiger partial charge in [-0.1, -0.05) is 0 Å². The van der Waals surface area contributed by atoms with Crippen molar-refractivity contribution < 1.29 is 19.5 Å². The zero-order valence-electron chi connectivity index (χ0n) is 11.7. The number of carboxylic acids is 1. The Labute approximate surface area is 126 Å². The van der Waals surface area contributed by atoms with Gasteiger partial charge in [-0.05, 0) is 37.1 Å². The lowest BCUT2D eigenvalue weighted by atomic mass is 9.96. The molecule has 0 spiro atoms. The van der Waals surface area contributed by atoms with Gasteiger partial charge in [-0.25, -0.2) is 4.79 Å². The first-order valence-corrected chi connectivity index (χ1v) is 7.72. The van der Waals surface area contributed by atoms with Gasteiger partial charge >= 0.3 is 5.97 Å². The summed E-state index contributed by atoms with van der Waals surface area (Å²) in [7, 11) is 0. The van der Waals surface area contributed by atoms with Crippen molar-refractivity contribution in [2.45, 2.75) is 31.7 Å². The Balaban J connectivity index is 1.77. The maximum absolute atomic E-state index is 11.8. The molecule has 1 heterocycles. The summed E-state index contributed by atoms with van der Waals surface area (Å²) in [5, 5.41) is 18.0. The van der Waals surface area contributed by atoms with Gasteiger partial charge in [0.25, 0.3) is 5.91 Å². The first kappa shape index (κ1) is 15.5. The SMILES string of the molecule is CC(NC(=O)CCNC(=O)c1ccsc1)(C(=O)O)C1CC1. The van der Waals surface area contributed by atoms with Crippen LogP contribution in [0.15, 0.2) is 16.8 Å². The van der Waals surface area contributed by atoms with Crippen molar-refractivity contribution in [1.29, 1.82) is 0 Å². The second-order valence-corrected chi connectivity index (χ2v) is 6.13. The predicted octanol–water partition coefficient (Wildman–Crippen LogP) is 1.24. The molecule has 1 aliphatic rings. The lowest BCUT2D eigenvalue weighted by Gasteiger charge is -2.26. The standard InChI is InChI=1S/C14H18N2O4S/c1-14(13(19)20,10-2-3-10)16-11(17)4-6-15-12(18)9-5-7-21-8-9/h5,7-8,10H,2-4,6H2,1H3,(H,15,18)(H,16,17)(H,19,20). The highest BCUT2D eigenvalue weighted by molar-refractivity contribution is 7.08. The van der Waals surface area contributed by atoms with Gasteiger partial charge in [0.15, 0.2) is 0 Å². The summed E-state index contributed by atoms with van der Waals surface area (Å²) in [5.74, 6) is -1.61. The highest BCUT2D eigenvalue weighted by Gasteiger charge is 2.48. The van der Waals surface area contributed by atoms with E-state index in [4.69, 9.17) is 0 Å². The number of hydrogen-bond donors (Lipinski definition) is 3. The van der Waals surface area contributed by atoms with E-state index < -0.39 is 11.5 Å². The molecule has 0 bridgehead atoms. The minimum absolute atomic E-state index is 0.000604. The van der Waals surface area contributed by atoms with Crippen molar-refractivity contribution in [1.82, 2.24) is 10.6 Å². The summed E-state index contributed by atoms with van der Waals surface area (Å²) in [6, 6.07) is 1.70.